The zero-order chi connectivity index (χ0) is 11.4. The van der Waals surface area contributed by atoms with Gasteiger partial charge >= 0.3 is 0 Å². The minimum atomic E-state index is -2.76. The van der Waals surface area contributed by atoms with Gasteiger partial charge in [-0.05, 0) is 0 Å². The average Bonchev–Trinajstić information content (AvgIpc) is 2.26. The Balaban J connectivity index is 3.34. The molecule has 1 aromatic heterocycles. The number of methoxy groups -OCH3 is 2. The van der Waals surface area contributed by atoms with E-state index < -0.39 is 18.7 Å². The standard InChI is InChI=1S/C9H11F2NO3/c1-14-6-3-12-7(9(10)11)5(4-13)8(6)15-2/h3,9,13H,4H2,1-2H3. The SMILES string of the molecule is COc1cnc(C(F)F)c(CO)c1OC. The molecule has 6 heteroatoms. The van der Waals surface area contributed by atoms with E-state index in [2.05, 4.69) is 4.98 Å². The van der Waals surface area contributed by atoms with Crippen molar-refractivity contribution in [2.45, 2.75) is 13.0 Å². The summed E-state index contributed by atoms with van der Waals surface area (Å²) in [6, 6.07) is 0. The first-order valence-corrected chi connectivity index (χ1v) is 4.14. The highest BCUT2D eigenvalue weighted by Gasteiger charge is 2.21. The lowest BCUT2D eigenvalue weighted by Crippen LogP contribution is -2.04. The van der Waals surface area contributed by atoms with Crippen LogP contribution < -0.4 is 9.47 Å². The number of pyridine rings is 1. The summed E-state index contributed by atoms with van der Waals surface area (Å²) in [5.74, 6) is 0.302. The van der Waals surface area contributed by atoms with Crippen LogP contribution in [0.5, 0.6) is 11.5 Å². The number of hydrogen-bond donors (Lipinski definition) is 1. The monoisotopic (exact) mass is 219 g/mol. The highest BCUT2D eigenvalue weighted by molar-refractivity contribution is 5.47. The number of hydrogen-bond acceptors (Lipinski definition) is 4. The molecule has 0 saturated heterocycles. The zero-order valence-corrected chi connectivity index (χ0v) is 8.33. The lowest BCUT2D eigenvalue weighted by molar-refractivity contribution is 0.140. The van der Waals surface area contributed by atoms with Crippen molar-refractivity contribution in [2.24, 2.45) is 0 Å². The van der Waals surface area contributed by atoms with Gasteiger partial charge < -0.3 is 14.6 Å². The lowest BCUT2D eigenvalue weighted by Gasteiger charge is -2.13. The van der Waals surface area contributed by atoms with Crippen LogP contribution in [-0.2, 0) is 6.61 Å². The van der Waals surface area contributed by atoms with Gasteiger partial charge in [0.25, 0.3) is 6.43 Å². The van der Waals surface area contributed by atoms with Gasteiger partial charge in [-0.3, -0.25) is 4.98 Å². The summed E-state index contributed by atoms with van der Waals surface area (Å²) in [4.78, 5) is 3.51. The van der Waals surface area contributed by atoms with Gasteiger partial charge in [0, 0.05) is 0 Å². The van der Waals surface area contributed by atoms with Crippen LogP contribution >= 0.6 is 0 Å². The van der Waals surface area contributed by atoms with Gasteiger partial charge in [-0.25, -0.2) is 8.78 Å². The first kappa shape index (κ1) is 11.6. The maximum atomic E-state index is 12.5. The molecule has 1 N–H and O–H groups in total. The molecule has 15 heavy (non-hydrogen) atoms. The Labute approximate surface area is 85.5 Å². The van der Waals surface area contributed by atoms with E-state index in [0.29, 0.717) is 0 Å². The molecule has 0 aliphatic heterocycles. The molecule has 0 unspecified atom stereocenters. The third-order valence-electron chi connectivity index (χ3n) is 1.92. The Hall–Kier alpha value is -1.43. The molecule has 0 amide bonds. The third kappa shape index (κ3) is 2.15. The molecule has 0 radical (unpaired) electrons. The average molecular weight is 219 g/mol. The Kier molecular flexibility index (Phi) is 3.79. The van der Waals surface area contributed by atoms with Crippen LogP contribution in [0.1, 0.15) is 17.7 Å². The molecule has 1 rings (SSSR count). The normalized spacial score (nSPS) is 10.5. The second-order valence-electron chi connectivity index (χ2n) is 2.68. The van der Waals surface area contributed by atoms with Crippen LogP contribution in [-0.4, -0.2) is 24.3 Å². The van der Waals surface area contributed by atoms with Crippen molar-refractivity contribution in [3.05, 3.63) is 17.5 Å². The van der Waals surface area contributed by atoms with Gasteiger partial charge in [0.05, 0.1) is 32.6 Å². The van der Waals surface area contributed by atoms with Crippen molar-refractivity contribution in [2.75, 3.05) is 14.2 Å². The van der Waals surface area contributed by atoms with E-state index in [4.69, 9.17) is 14.6 Å². The maximum Gasteiger partial charge on any atom is 0.280 e. The lowest BCUT2D eigenvalue weighted by atomic mass is 10.1. The van der Waals surface area contributed by atoms with Crippen LogP contribution in [0, 0.1) is 0 Å². The number of rotatable bonds is 4. The summed E-state index contributed by atoms with van der Waals surface area (Å²) < 4.78 is 34.8. The van der Waals surface area contributed by atoms with Crippen LogP contribution in [0.15, 0.2) is 6.20 Å². The summed E-state index contributed by atoms with van der Waals surface area (Å²) in [7, 11) is 2.68. The van der Waals surface area contributed by atoms with Gasteiger partial charge in [-0.2, -0.15) is 0 Å². The van der Waals surface area contributed by atoms with E-state index in [9.17, 15) is 8.78 Å². The topological polar surface area (TPSA) is 51.6 Å². The van der Waals surface area contributed by atoms with E-state index in [1.54, 1.807) is 0 Å². The van der Waals surface area contributed by atoms with Crippen LogP contribution in [0.4, 0.5) is 8.78 Å². The minimum absolute atomic E-state index is 0.0492. The molecular weight excluding hydrogens is 208 g/mol. The fraction of sp³-hybridized carbons (Fsp3) is 0.444. The Morgan fingerprint density at radius 2 is 2.07 bits per heavy atom. The first-order chi connectivity index (χ1) is 7.15. The molecule has 1 heterocycles. The zero-order valence-electron chi connectivity index (χ0n) is 8.33. The van der Waals surface area contributed by atoms with Crippen LogP contribution in [0.25, 0.3) is 0 Å². The first-order valence-electron chi connectivity index (χ1n) is 4.14. The molecule has 0 saturated carbocycles. The number of ether oxygens (including phenoxy) is 2. The molecule has 0 bridgehead atoms. The number of halogens is 2. The quantitative estimate of drug-likeness (QED) is 0.834. The molecular formula is C9H11F2NO3. The van der Waals surface area contributed by atoms with Gasteiger partial charge in [0.2, 0.25) is 0 Å². The summed E-state index contributed by atoms with van der Waals surface area (Å²) in [6.45, 7) is -0.576. The number of aromatic nitrogens is 1. The van der Waals surface area contributed by atoms with E-state index in [1.165, 1.54) is 14.2 Å². The summed E-state index contributed by atoms with van der Waals surface area (Å²) >= 11 is 0. The second kappa shape index (κ2) is 4.88. The van der Waals surface area contributed by atoms with Crippen molar-refractivity contribution >= 4 is 0 Å². The molecule has 0 atom stereocenters. The van der Waals surface area contributed by atoms with E-state index >= 15 is 0 Å². The highest BCUT2D eigenvalue weighted by atomic mass is 19.3. The van der Waals surface area contributed by atoms with E-state index in [-0.39, 0.29) is 17.1 Å². The van der Waals surface area contributed by atoms with E-state index in [1.807, 2.05) is 0 Å². The molecule has 0 aliphatic rings. The van der Waals surface area contributed by atoms with Gasteiger partial charge in [-0.1, -0.05) is 0 Å². The van der Waals surface area contributed by atoms with Crippen LogP contribution in [0.2, 0.25) is 0 Å². The van der Waals surface area contributed by atoms with Crippen molar-refractivity contribution in [1.82, 2.24) is 4.98 Å². The summed E-state index contributed by atoms with van der Waals surface area (Å²) in [6.07, 6.45) is -1.62. The number of aliphatic hydroxyl groups excluding tert-OH is 1. The minimum Gasteiger partial charge on any atom is -0.492 e. The third-order valence-corrected chi connectivity index (χ3v) is 1.92. The molecule has 0 spiro atoms. The largest absolute Gasteiger partial charge is 0.492 e. The molecule has 4 nitrogen and oxygen atoms in total. The number of aliphatic hydroxyl groups is 1. The highest BCUT2D eigenvalue weighted by Crippen LogP contribution is 2.35. The van der Waals surface area contributed by atoms with Crippen molar-refractivity contribution in [1.29, 1.82) is 0 Å². The van der Waals surface area contributed by atoms with Gasteiger partial charge in [0.15, 0.2) is 11.5 Å². The number of nitrogens with zero attached hydrogens (tertiary/aromatic N) is 1. The fourth-order valence-electron chi connectivity index (χ4n) is 1.24. The summed E-state index contributed by atoms with van der Waals surface area (Å²) in [5.41, 5.74) is -0.540. The second-order valence-corrected chi connectivity index (χ2v) is 2.68. The maximum absolute atomic E-state index is 12.5. The van der Waals surface area contributed by atoms with Crippen molar-refractivity contribution in [3.8, 4) is 11.5 Å². The fourth-order valence-corrected chi connectivity index (χ4v) is 1.24. The van der Waals surface area contributed by atoms with E-state index in [0.717, 1.165) is 6.20 Å². The number of alkyl halides is 2. The Morgan fingerprint density at radius 1 is 1.40 bits per heavy atom. The predicted octanol–water partition coefficient (Wildman–Crippen LogP) is 1.53. The Bertz CT molecular complexity index is 344. The molecule has 0 aromatic carbocycles. The smallest absolute Gasteiger partial charge is 0.280 e. The van der Waals surface area contributed by atoms with Gasteiger partial charge in [-0.15, -0.1) is 0 Å². The predicted molar refractivity (Wildman–Crippen MR) is 48.2 cm³/mol. The van der Waals surface area contributed by atoms with Crippen molar-refractivity contribution in [3.63, 3.8) is 0 Å². The molecule has 0 aliphatic carbocycles. The van der Waals surface area contributed by atoms with Crippen LogP contribution in [0.3, 0.4) is 0 Å². The molecule has 84 valence electrons. The van der Waals surface area contributed by atoms with Gasteiger partial charge in [0.1, 0.15) is 5.69 Å². The van der Waals surface area contributed by atoms with Crippen molar-refractivity contribution < 1.29 is 23.4 Å². The Morgan fingerprint density at radius 3 is 2.47 bits per heavy atom. The summed E-state index contributed by atoms with van der Waals surface area (Å²) in [5, 5.41) is 8.99. The molecule has 1 aromatic rings. The molecule has 0 fully saturated rings.